The molecule has 144 valence electrons. The molecule has 1 atom stereocenters. The lowest BCUT2D eigenvalue weighted by Crippen LogP contribution is -2.57. The predicted octanol–water partition coefficient (Wildman–Crippen LogP) is 6.36. The van der Waals surface area contributed by atoms with Crippen molar-refractivity contribution in [2.75, 3.05) is 0 Å². The second-order valence-corrected chi connectivity index (χ2v) is 12.9. The summed E-state index contributed by atoms with van der Waals surface area (Å²) in [6.45, 7) is 17.1. The molecule has 2 nitrogen and oxygen atoms in total. The van der Waals surface area contributed by atoms with E-state index in [2.05, 4.69) is 105 Å². The quantitative estimate of drug-likeness (QED) is 0.484. The Bertz CT molecular complexity index is 805. The molecule has 0 aliphatic heterocycles. The Balaban J connectivity index is 0.000000465. The summed E-state index contributed by atoms with van der Waals surface area (Å²) in [5, 5.41) is 0. The molecule has 0 saturated heterocycles. The third-order valence-electron chi connectivity index (χ3n) is 4.58. The van der Waals surface area contributed by atoms with Crippen molar-refractivity contribution >= 4 is 13.9 Å². The van der Waals surface area contributed by atoms with Gasteiger partial charge < -0.3 is 9.55 Å². The molecule has 0 fully saturated rings. The van der Waals surface area contributed by atoms with Crippen LogP contribution in [0.15, 0.2) is 79.7 Å². The highest BCUT2D eigenvalue weighted by Crippen LogP contribution is 2.41. The minimum absolute atomic E-state index is 0.148. The van der Waals surface area contributed by atoms with Crippen molar-refractivity contribution in [3.05, 3.63) is 90.8 Å². The fourth-order valence-electron chi connectivity index (χ4n) is 3.84. The van der Waals surface area contributed by atoms with Crippen molar-refractivity contribution in [3.63, 3.8) is 0 Å². The number of hydrogen-bond acceptors (Lipinski definition) is 1. The maximum absolute atomic E-state index is 3.93. The van der Waals surface area contributed by atoms with E-state index < -0.39 is 8.24 Å². The van der Waals surface area contributed by atoms with E-state index >= 15 is 0 Å². The molecule has 1 aliphatic carbocycles. The Morgan fingerprint density at radius 3 is 2.22 bits per heavy atom. The minimum Gasteiger partial charge on any atom is -0.332 e. The summed E-state index contributed by atoms with van der Waals surface area (Å²) in [6.07, 6.45) is 12.3. The number of nitrogens with one attached hydrogen (secondary N) is 1. The lowest BCUT2D eigenvalue weighted by Gasteiger charge is -2.37. The van der Waals surface area contributed by atoms with Crippen LogP contribution in [-0.4, -0.2) is 18.3 Å². The van der Waals surface area contributed by atoms with Crippen LogP contribution in [0, 0.1) is 0 Å². The van der Waals surface area contributed by atoms with Crippen LogP contribution in [-0.2, 0) is 0 Å². The molecule has 0 amide bonds. The van der Waals surface area contributed by atoms with Crippen molar-refractivity contribution in [1.82, 2.24) is 9.55 Å². The summed E-state index contributed by atoms with van der Waals surface area (Å²) in [5.74, 6) is 0. The van der Waals surface area contributed by atoms with E-state index in [4.69, 9.17) is 0 Å². The Morgan fingerprint density at radius 2 is 1.70 bits per heavy atom. The minimum atomic E-state index is -1.65. The Labute approximate surface area is 166 Å². The molecule has 3 rings (SSSR count). The van der Waals surface area contributed by atoms with Gasteiger partial charge in [-0.1, -0.05) is 68.2 Å². The van der Waals surface area contributed by atoms with Gasteiger partial charge in [0.1, 0.15) is 8.24 Å². The molecule has 2 aromatic rings. The predicted molar refractivity (Wildman–Crippen MR) is 122 cm³/mol. The molecule has 1 aromatic heterocycles. The van der Waals surface area contributed by atoms with Crippen molar-refractivity contribution in [2.45, 2.75) is 51.9 Å². The average Bonchev–Trinajstić information content (AvgIpc) is 3.21. The molecule has 0 spiro atoms. The zero-order chi connectivity index (χ0) is 20.1. The van der Waals surface area contributed by atoms with Crippen LogP contribution in [0.5, 0.6) is 0 Å². The fraction of sp³-hybridized carbons (Fsp3) is 0.333. The van der Waals surface area contributed by atoms with Crippen LogP contribution in [0.1, 0.15) is 44.4 Å². The highest BCUT2D eigenvalue weighted by atomic mass is 28.3. The summed E-state index contributed by atoms with van der Waals surface area (Å²) in [7, 11) is -1.65. The monoisotopic (exact) mass is 378 g/mol. The normalized spacial score (nSPS) is 16.5. The summed E-state index contributed by atoms with van der Waals surface area (Å²) in [5.41, 5.74) is 4.82. The van der Waals surface area contributed by atoms with E-state index in [1.54, 1.807) is 6.08 Å². The van der Waals surface area contributed by atoms with Crippen molar-refractivity contribution < 1.29 is 0 Å². The van der Waals surface area contributed by atoms with Gasteiger partial charge in [0.15, 0.2) is 0 Å². The van der Waals surface area contributed by atoms with Crippen molar-refractivity contribution in [2.24, 2.45) is 0 Å². The fourth-order valence-corrected chi connectivity index (χ4v) is 7.53. The first-order chi connectivity index (χ1) is 12.7. The average molecular weight is 379 g/mol. The van der Waals surface area contributed by atoms with Gasteiger partial charge in [0.25, 0.3) is 0 Å². The van der Waals surface area contributed by atoms with E-state index in [9.17, 15) is 0 Å². The van der Waals surface area contributed by atoms with Gasteiger partial charge in [-0.25, -0.2) is 0 Å². The largest absolute Gasteiger partial charge is 0.332 e. The lowest BCUT2D eigenvalue weighted by molar-refractivity contribution is 0.509. The number of nitrogens with zero attached hydrogens (tertiary/aromatic N) is 1. The molecule has 0 radical (unpaired) electrons. The molecular formula is C24H34N2Si. The van der Waals surface area contributed by atoms with E-state index in [-0.39, 0.29) is 5.54 Å². The van der Waals surface area contributed by atoms with Crippen LogP contribution < -0.4 is 4.98 Å². The highest BCUT2D eigenvalue weighted by molar-refractivity contribution is 6.77. The van der Waals surface area contributed by atoms with Gasteiger partial charge in [0.05, 0.1) is 0 Å². The zero-order valence-corrected chi connectivity index (χ0v) is 18.7. The lowest BCUT2D eigenvalue weighted by atomic mass is 10.1. The van der Waals surface area contributed by atoms with Crippen LogP contribution in [0.25, 0.3) is 5.70 Å². The third kappa shape index (κ3) is 5.44. The van der Waals surface area contributed by atoms with Crippen LogP contribution >= 0.6 is 0 Å². The second-order valence-electron chi connectivity index (χ2n) is 8.57. The van der Waals surface area contributed by atoms with Crippen LogP contribution in [0.4, 0.5) is 0 Å². The number of hydrogen-bond donors (Lipinski definition) is 1. The molecule has 1 aliphatic rings. The number of rotatable bonds is 4. The molecular weight excluding hydrogens is 344 g/mol. The zero-order valence-electron chi connectivity index (χ0n) is 17.7. The number of allylic oxidation sites excluding steroid dienone is 4. The van der Waals surface area contributed by atoms with E-state index in [1.165, 1.54) is 16.8 Å². The van der Waals surface area contributed by atoms with Gasteiger partial charge in [0, 0.05) is 34.7 Å². The van der Waals surface area contributed by atoms with E-state index in [1.807, 2.05) is 19.1 Å². The first-order valence-electron chi connectivity index (χ1n) is 9.67. The second kappa shape index (κ2) is 8.72. The maximum atomic E-state index is 3.93. The molecule has 27 heavy (non-hydrogen) atoms. The summed E-state index contributed by atoms with van der Waals surface area (Å²) < 4.78 is 2.24. The SMILES string of the molecule is C=CC=CC.CC(C)(C)N[Si](C)(C)C1C=C(n2cccc2)c2ccccc21. The van der Waals surface area contributed by atoms with Gasteiger partial charge in [-0.3, -0.25) is 0 Å². The van der Waals surface area contributed by atoms with Gasteiger partial charge in [-0.2, -0.15) is 0 Å². The number of aromatic nitrogens is 1. The van der Waals surface area contributed by atoms with Gasteiger partial charge in [0.2, 0.25) is 0 Å². The van der Waals surface area contributed by atoms with Crippen LogP contribution in [0.3, 0.4) is 0 Å². The summed E-state index contributed by atoms with van der Waals surface area (Å²) >= 11 is 0. The molecule has 1 N–H and O–H groups in total. The molecule has 3 heteroatoms. The van der Waals surface area contributed by atoms with Gasteiger partial charge >= 0.3 is 0 Å². The molecule has 1 unspecified atom stereocenters. The molecule has 1 aromatic carbocycles. The number of benzene rings is 1. The first-order valence-corrected chi connectivity index (χ1v) is 12.7. The highest BCUT2D eigenvalue weighted by Gasteiger charge is 2.39. The smallest absolute Gasteiger partial charge is 0.131 e. The Morgan fingerprint density at radius 1 is 1.07 bits per heavy atom. The Kier molecular flexibility index (Phi) is 6.85. The summed E-state index contributed by atoms with van der Waals surface area (Å²) in [6, 6.07) is 13.0. The van der Waals surface area contributed by atoms with Crippen molar-refractivity contribution in [1.29, 1.82) is 0 Å². The van der Waals surface area contributed by atoms with E-state index in [0.717, 1.165) is 0 Å². The van der Waals surface area contributed by atoms with E-state index in [0.29, 0.717) is 5.54 Å². The first kappa shape index (κ1) is 21.2. The summed E-state index contributed by atoms with van der Waals surface area (Å²) in [4.78, 5) is 3.93. The third-order valence-corrected chi connectivity index (χ3v) is 8.01. The Hall–Kier alpha value is -2.10. The van der Waals surface area contributed by atoms with Gasteiger partial charge in [-0.05, 0) is 45.4 Å². The van der Waals surface area contributed by atoms with Crippen molar-refractivity contribution in [3.8, 4) is 0 Å². The van der Waals surface area contributed by atoms with Gasteiger partial charge in [-0.15, -0.1) is 0 Å². The molecule has 0 saturated carbocycles. The maximum Gasteiger partial charge on any atom is 0.131 e. The standard InChI is InChI=1S/C19H26N2Si.C5H8/c1-19(2,3)20-22(4,5)18-14-17(21-12-8-9-13-21)15-10-6-7-11-16(15)18;1-3-5-4-2/h6-14,18,20H,1-5H3;3-5H,1H2,2H3. The van der Waals surface area contributed by atoms with Crippen LogP contribution in [0.2, 0.25) is 13.1 Å². The number of fused-ring (bicyclic) bond motifs is 1. The topological polar surface area (TPSA) is 17.0 Å². The molecule has 0 bridgehead atoms. The molecule has 1 heterocycles.